The molecule has 0 saturated carbocycles. The lowest BCUT2D eigenvalue weighted by Gasteiger charge is -2.11. The van der Waals surface area contributed by atoms with Gasteiger partial charge in [-0.1, -0.05) is 45.4 Å². The Kier molecular flexibility index (Phi) is 10.9. The summed E-state index contributed by atoms with van der Waals surface area (Å²) in [6.07, 6.45) is 4.98. The van der Waals surface area contributed by atoms with Crippen molar-refractivity contribution in [1.29, 1.82) is 0 Å². The number of hydrogen-bond donors (Lipinski definition) is 0. The van der Waals surface area contributed by atoms with Crippen LogP contribution in [-0.2, 0) is 19.1 Å². The van der Waals surface area contributed by atoms with E-state index in [9.17, 15) is 9.59 Å². The predicted octanol–water partition coefficient (Wildman–Crippen LogP) is 4.55. The van der Waals surface area contributed by atoms with Gasteiger partial charge in [0, 0.05) is 11.1 Å². The van der Waals surface area contributed by atoms with E-state index in [1.54, 1.807) is 6.08 Å². The second kappa shape index (κ2) is 13.0. The van der Waals surface area contributed by atoms with E-state index in [2.05, 4.69) is 6.92 Å². The number of benzene rings is 1. The molecular formula is C21H30O5. The van der Waals surface area contributed by atoms with Gasteiger partial charge in [0.25, 0.3) is 0 Å². The van der Waals surface area contributed by atoms with Crippen molar-refractivity contribution in [3.63, 3.8) is 0 Å². The number of hydrogen-bond acceptors (Lipinski definition) is 5. The van der Waals surface area contributed by atoms with Crippen molar-refractivity contribution >= 4 is 18.0 Å². The molecule has 0 fully saturated rings. The minimum Gasteiger partial charge on any atom is -0.493 e. The van der Waals surface area contributed by atoms with Gasteiger partial charge < -0.3 is 14.2 Å². The molecule has 0 aliphatic heterocycles. The third-order valence-corrected chi connectivity index (χ3v) is 3.51. The van der Waals surface area contributed by atoms with E-state index in [1.165, 1.54) is 0 Å². The highest BCUT2D eigenvalue weighted by Crippen LogP contribution is 2.23. The summed E-state index contributed by atoms with van der Waals surface area (Å²) in [5.41, 5.74) is 1.02. The molecule has 26 heavy (non-hydrogen) atoms. The molecule has 0 aliphatic rings. The van der Waals surface area contributed by atoms with Crippen molar-refractivity contribution in [2.24, 2.45) is 0 Å². The molecule has 0 saturated heterocycles. The fraction of sp³-hybridized carbons (Fsp3) is 0.524. The van der Waals surface area contributed by atoms with E-state index in [0.717, 1.165) is 31.2 Å². The Morgan fingerprint density at radius 2 is 1.62 bits per heavy atom. The maximum Gasteiger partial charge on any atom is 0.334 e. The molecule has 0 aliphatic carbocycles. The van der Waals surface area contributed by atoms with E-state index in [1.807, 2.05) is 38.1 Å². The molecule has 5 nitrogen and oxygen atoms in total. The fourth-order valence-corrected chi connectivity index (χ4v) is 2.14. The van der Waals surface area contributed by atoms with Crippen LogP contribution in [-0.4, -0.2) is 31.8 Å². The molecule has 144 valence electrons. The Balaban J connectivity index is 3.00. The van der Waals surface area contributed by atoms with Crippen molar-refractivity contribution in [3.05, 3.63) is 35.4 Å². The standard InChI is InChI=1S/C21H30O5/c1-4-7-14-24-19-11-9-8-10-17(19)15-18(21(23)26-13-6-3)16-20(22)25-12-5-2/h8-11,15H,4-7,12-14,16H2,1-3H3. The molecule has 1 rings (SSSR count). The van der Waals surface area contributed by atoms with E-state index in [4.69, 9.17) is 14.2 Å². The van der Waals surface area contributed by atoms with Crippen LogP contribution in [0.3, 0.4) is 0 Å². The van der Waals surface area contributed by atoms with Crippen LogP contribution in [0.5, 0.6) is 5.75 Å². The summed E-state index contributed by atoms with van der Waals surface area (Å²) in [7, 11) is 0. The lowest BCUT2D eigenvalue weighted by Crippen LogP contribution is -2.14. The van der Waals surface area contributed by atoms with Crippen LogP contribution in [0.1, 0.15) is 58.4 Å². The zero-order valence-electron chi connectivity index (χ0n) is 16.1. The second-order valence-electron chi connectivity index (χ2n) is 5.94. The normalized spacial score (nSPS) is 11.1. The summed E-state index contributed by atoms with van der Waals surface area (Å²) in [6, 6.07) is 7.45. The van der Waals surface area contributed by atoms with Crippen LogP contribution in [0, 0.1) is 0 Å². The predicted molar refractivity (Wildman–Crippen MR) is 102 cm³/mol. The maximum absolute atomic E-state index is 12.3. The summed E-state index contributed by atoms with van der Waals surface area (Å²) in [6.45, 7) is 7.20. The van der Waals surface area contributed by atoms with Crippen molar-refractivity contribution in [3.8, 4) is 5.75 Å². The second-order valence-corrected chi connectivity index (χ2v) is 5.94. The molecule has 0 spiro atoms. The smallest absolute Gasteiger partial charge is 0.334 e. The van der Waals surface area contributed by atoms with Crippen LogP contribution < -0.4 is 4.74 Å². The van der Waals surface area contributed by atoms with Crippen LogP contribution in [0.2, 0.25) is 0 Å². The Labute approximate surface area is 156 Å². The molecule has 1 aromatic rings. The highest BCUT2D eigenvalue weighted by atomic mass is 16.5. The first-order valence-electron chi connectivity index (χ1n) is 9.37. The van der Waals surface area contributed by atoms with Gasteiger partial charge in [-0.25, -0.2) is 4.79 Å². The Morgan fingerprint density at radius 1 is 0.923 bits per heavy atom. The molecule has 0 unspecified atom stereocenters. The number of ether oxygens (including phenoxy) is 3. The third kappa shape index (κ3) is 8.19. The van der Waals surface area contributed by atoms with Gasteiger partial charge >= 0.3 is 11.9 Å². The average Bonchev–Trinajstić information content (AvgIpc) is 2.65. The molecule has 5 heteroatoms. The quantitative estimate of drug-likeness (QED) is 0.310. The average molecular weight is 362 g/mol. The topological polar surface area (TPSA) is 61.8 Å². The fourth-order valence-electron chi connectivity index (χ4n) is 2.14. The summed E-state index contributed by atoms with van der Waals surface area (Å²) in [5, 5.41) is 0. The zero-order chi connectivity index (χ0) is 19.2. The van der Waals surface area contributed by atoms with Gasteiger partial charge in [-0.3, -0.25) is 4.79 Å². The van der Waals surface area contributed by atoms with Gasteiger partial charge in [-0.05, 0) is 31.4 Å². The number of rotatable bonds is 12. The number of carbonyl (C=O) groups excluding carboxylic acids is 2. The van der Waals surface area contributed by atoms with E-state index in [0.29, 0.717) is 25.6 Å². The molecule has 0 amide bonds. The van der Waals surface area contributed by atoms with Gasteiger partial charge in [0.1, 0.15) is 5.75 Å². The van der Waals surface area contributed by atoms with Crippen molar-refractivity contribution in [2.45, 2.75) is 52.9 Å². The first-order valence-corrected chi connectivity index (χ1v) is 9.37. The monoisotopic (exact) mass is 362 g/mol. The highest BCUT2D eigenvalue weighted by Gasteiger charge is 2.17. The molecule has 0 radical (unpaired) electrons. The number of para-hydroxylation sites is 1. The summed E-state index contributed by atoms with van der Waals surface area (Å²) >= 11 is 0. The van der Waals surface area contributed by atoms with E-state index >= 15 is 0 Å². The largest absolute Gasteiger partial charge is 0.493 e. The number of carbonyl (C=O) groups is 2. The lowest BCUT2D eigenvalue weighted by molar-refractivity contribution is -0.146. The van der Waals surface area contributed by atoms with Crippen molar-refractivity contribution < 1.29 is 23.8 Å². The van der Waals surface area contributed by atoms with Crippen molar-refractivity contribution in [2.75, 3.05) is 19.8 Å². The van der Waals surface area contributed by atoms with Crippen LogP contribution in [0.4, 0.5) is 0 Å². The number of unbranched alkanes of at least 4 members (excludes halogenated alkanes) is 1. The molecule has 0 bridgehead atoms. The zero-order valence-corrected chi connectivity index (χ0v) is 16.1. The Bertz CT molecular complexity index is 592. The minimum absolute atomic E-state index is 0.119. The molecular weight excluding hydrogens is 332 g/mol. The Hall–Kier alpha value is -2.30. The maximum atomic E-state index is 12.3. The summed E-state index contributed by atoms with van der Waals surface area (Å²) in [5.74, 6) is -0.247. The first-order chi connectivity index (χ1) is 12.6. The van der Waals surface area contributed by atoms with Gasteiger partial charge in [-0.2, -0.15) is 0 Å². The van der Waals surface area contributed by atoms with Crippen LogP contribution >= 0.6 is 0 Å². The SMILES string of the molecule is CCCCOc1ccccc1C=C(CC(=O)OCCC)C(=O)OCCC. The van der Waals surface area contributed by atoms with E-state index in [-0.39, 0.29) is 12.0 Å². The molecule has 0 atom stereocenters. The first kappa shape index (κ1) is 21.7. The van der Waals surface area contributed by atoms with Gasteiger partial charge in [-0.15, -0.1) is 0 Å². The minimum atomic E-state index is -0.497. The molecule has 1 aromatic carbocycles. The van der Waals surface area contributed by atoms with Gasteiger partial charge in [0.15, 0.2) is 0 Å². The van der Waals surface area contributed by atoms with E-state index < -0.39 is 11.9 Å². The van der Waals surface area contributed by atoms with Crippen molar-refractivity contribution in [1.82, 2.24) is 0 Å². The van der Waals surface area contributed by atoms with Crippen LogP contribution in [0.15, 0.2) is 29.8 Å². The molecule has 0 heterocycles. The lowest BCUT2D eigenvalue weighted by atomic mass is 10.1. The summed E-state index contributed by atoms with van der Waals surface area (Å²) in [4.78, 5) is 24.3. The van der Waals surface area contributed by atoms with Gasteiger partial charge in [0.2, 0.25) is 0 Å². The third-order valence-electron chi connectivity index (χ3n) is 3.51. The van der Waals surface area contributed by atoms with Crippen LogP contribution in [0.25, 0.3) is 6.08 Å². The highest BCUT2D eigenvalue weighted by molar-refractivity contribution is 5.98. The molecule has 0 N–H and O–H groups in total. The van der Waals surface area contributed by atoms with Gasteiger partial charge in [0.05, 0.1) is 26.2 Å². The molecule has 0 aromatic heterocycles. The Morgan fingerprint density at radius 3 is 2.31 bits per heavy atom. The number of esters is 2. The summed E-state index contributed by atoms with van der Waals surface area (Å²) < 4.78 is 16.1.